The van der Waals surface area contributed by atoms with Crippen molar-refractivity contribution in [2.24, 2.45) is 40.9 Å². The number of hydrogen-bond donors (Lipinski definition) is 1. The molecule has 0 aromatic carbocycles. The standard InChI is InChI=1S/C33H45ClN2O5S/c1-21-5-3-6-26(18-37)28-11-8-25(28)17-36-19-33(14-4-7-23-15-27(34)10-12-29(23)33)20-41-31-13-9-24(16-30(31)36)32(38)35-42(39,40)22(21)2/h9-10,12-13,15-16,18,21-23,25-26,28-31H,3-8,11,14,17,19-20H2,1-2H3,(H,35,38)/t21?,22?,23?,25-,26?,28+,29?,30?,31?,33-/m0/s1. The monoisotopic (exact) mass is 616 g/mol. The van der Waals surface area contributed by atoms with E-state index in [1.165, 1.54) is 0 Å². The zero-order chi connectivity index (χ0) is 29.6. The van der Waals surface area contributed by atoms with Crippen LogP contribution in [0.3, 0.4) is 0 Å². The van der Waals surface area contributed by atoms with Crippen LogP contribution in [0.2, 0.25) is 0 Å². The van der Waals surface area contributed by atoms with Crippen molar-refractivity contribution >= 4 is 33.8 Å². The first-order valence-corrected chi connectivity index (χ1v) is 17.8. The number of carbonyl (C=O) groups is 2. The molecule has 3 fully saturated rings. The molecule has 1 N–H and O–H groups in total. The topological polar surface area (TPSA) is 92.8 Å². The maximum absolute atomic E-state index is 13.4. The van der Waals surface area contributed by atoms with Crippen molar-refractivity contribution in [3.63, 3.8) is 0 Å². The molecule has 0 radical (unpaired) electrons. The van der Waals surface area contributed by atoms with Crippen molar-refractivity contribution in [3.8, 4) is 0 Å². The Balaban J connectivity index is 1.36. The third kappa shape index (κ3) is 5.73. The molecule has 2 saturated carbocycles. The maximum atomic E-state index is 13.4. The van der Waals surface area contributed by atoms with Gasteiger partial charge in [0.2, 0.25) is 10.0 Å². The van der Waals surface area contributed by atoms with Crippen molar-refractivity contribution in [2.45, 2.75) is 82.6 Å². The number of rotatable bonds is 1. The number of nitrogens with zero attached hydrogens (tertiary/aromatic N) is 1. The molecule has 2 aliphatic heterocycles. The SMILES string of the molecule is CC1CCCC(C=O)[C@@H]2CC[C@H]2CN2C[C@@]3(CCCC4C=C(Cl)C=CC43)COC3C=CC(=CC32)C(=O)NS(=O)(=O)C1C. The van der Waals surface area contributed by atoms with Gasteiger partial charge in [-0.1, -0.05) is 61.7 Å². The van der Waals surface area contributed by atoms with E-state index in [1.807, 2.05) is 25.2 Å². The van der Waals surface area contributed by atoms with Crippen LogP contribution in [0.15, 0.2) is 47.1 Å². The maximum Gasteiger partial charge on any atom is 0.264 e. The zero-order valence-electron chi connectivity index (χ0n) is 24.8. The summed E-state index contributed by atoms with van der Waals surface area (Å²) in [6, 6.07) is -0.190. The number of aldehydes is 1. The van der Waals surface area contributed by atoms with Gasteiger partial charge in [0, 0.05) is 35.0 Å². The van der Waals surface area contributed by atoms with Crippen molar-refractivity contribution in [2.75, 3.05) is 19.7 Å². The fourth-order valence-electron chi connectivity index (χ4n) is 8.67. The van der Waals surface area contributed by atoms with Crippen LogP contribution in [-0.2, 0) is 24.3 Å². The van der Waals surface area contributed by atoms with Crippen molar-refractivity contribution in [3.05, 3.63) is 47.1 Å². The van der Waals surface area contributed by atoms with Crippen LogP contribution in [-0.4, -0.2) is 62.6 Å². The van der Waals surface area contributed by atoms with Gasteiger partial charge in [-0.15, -0.1) is 0 Å². The third-order valence-electron chi connectivity index (χ3n) is 11.5. The average Bonchev–Trinajstić information content (AvgIpc) is 3.10. The molecule has 42 heavy (non-hydrogen) atoms. The van der Waals surface area contributed by atoms with Gasteiger partial charge >= 0.3 is 0 Å². The fourth-order valence-corrected chi connectivity index (χ4v) is 10.2. The third-order valence-corrected chi connectivity index (χ3v) is 13.7. The molecule has 7 nitrogen and oxygen atoms in total. The summed E-state index contributed by atoms with van der Waals surface area (Å²) in [5.41, 5.74) is 0.273. The first-order chi connectivity index (χ1) is 20.1. The summed E-state index contributed by atoms with van der Waals surface area (Å²) in [7, 11) is -3.87. The van der Waals surface area contributed by atoms with E-state index in [0.29, 0.717) is 42.3 Å². The molecular formula is C33H45ClN2O5S. The predicted molar refractivity (Wildman–Crippen MR) is 164 cm³/mol. The van der Waals surface area contributed by atoms with Gasteiger partial charge in [0.05, 0.1) is 24.0 Å². The Bertz CT molecular complexity index is 1310. The van der Waals surface area contributed by atoms with Gasteiger partial charge in [0.15, 0.2) is 0 Å². The first-order valence-electron chi connectivity index (χ1n) is 15.9. The molecule has 2 bridgehead atoms. The number of nitrogens with one attached hydrogen (secondary N) is 1. The largest absolute Gasteiger partial charge is 0.372 e. The summed E-state index contributed by atoms with van der Waals surface area (Å²) >= 11 is 6.43. The molecule has 1 spiro atoms. The number of allylic oxidation sites excluding steroid dienone is 4. The van der Waals surface area contributed by atoms with E-state index in [9.17, 15) is 18.0 Å². The number of amides is 1. The molecule has 6 aliphatic rings. The summed E-state index contributed by atoms with van der Waals surface area (Å²) in [5, 5.41) is 0.0863. The summed E-state index contributed by atoms with van der Waals surface area (Å²) in [6.07, 6.45) is 20.7. The minimum atomic E-state index is -3.87. The molecule has 9 heteroatoms. The van der Waals surface area contributed by atoms with Crippen LogP contribution in [0.4, 0.5) is 0 Å². The highest BCUT2D eigenvalue weighted by Gasteiger charge is 2.51. The van der Waals surface area contributed by atoms with Crippen molar-refractivity contribution < 1.29 is 22.7 Å². The lowest BCUT2D eigenvalue weighted by Gasteiger charge is -2.50. The minimum Gasteiger partial charge on any atom is -0.372 e. The molecule has 4 aliphatic carbocycles. The van der Waals surface area contributed by atoms with Crippen molar-refractivity contribution in [1.29, 1.82) is 0 Å². The van der Waals surface area contributed by atoms with E-state index in [-0.39, 0.29) is 29.4 Å². The molecule has 0 aromatic heterocycles. The summed E-state index contributed by atoms with van der Waals surface area (Å²) in [6.45, 7) is 5.87. The molecule has 6 rings (SSSR count). The Kier molecular flexibility index (Phi) is 8.64. The lowest BCUT2D eigenvalue weighted by atomic mass is 9.60. The molecule has 0 aromatic rings. The van der Waals surface area contributed by atoms with Gasteiger partial charge in [-0.3, -0.25) is 9.69 Å². The summed E-state index contributed by atoms with van der Waals surface area (Å²) in [5.74, 6) is 0.731. The normalized spacial score (nSPS) is 44.0. The minimum absolute atomic E-state index is 0.00608. The summed E-state index contributed by atoms with van der Waals surface area (Å²) < 4.78 is 35.5. The molecule has 1 amide bonds. The number of halogens is 1. The van der Waals surface area contributed by atoms with Crippen LogP contribution < -0.4 is 4.72 Å². The van der Waals surface area contributed by atoms with Gasteiger partial charge in [-0.25, -0.2) is 13.1 Å². The zero-order valence-corrected chi connectivity index (χ0v) is 26.4. The molecule has 230 valence electrons. The summed E-state index contributed by atoms with van der Waals surface area (Å²) in [4.78, 5) is 28.2. The average molecular weight is 617 g/mol. The molecule has 10 atom stereocenters. The van der Waals surface area contributed by atoms with Crippen LogP contribution in [0.1, 0.15) is 65.2 Å². The number of hydrogen-bond acceptors (Lipinski definition) is 6. The number of ether oxygens (including phenoxy) is 1. The van der Waals surface area contributed by atoms with Gasteiger partial charge in [0.25, 0.3) is 5.91 Å². The Hall–Kier alpha value is -1.74. The van der Waals surface area contributed by atoms with Crippen molar-refractivity contribution in [1.82, 2.24) is 9.62 Å². The van der Waals surface area contributed by atoms with E-state index >= 15 is 0 Å². The number of fused-ring (bicyclic) bond motifs is 3. The van der Waals surface area contributed by atoms with E-state index in [2.05, 4.69) is 21.8 Å². The second-order valence-electron chi connectivity index (χ2n) is 13.9. The van der Waals surface area contributed by atoms with Gasteiger partial charge < -0.3 is 9.53 Å². The smallest absolute Gasteiger partial charge is 0.264 e. The quantitative estimate of drug-likeness (QED) is 0.410. The highest BCUT2D eigenvalue weighted by atomic mass is 35.5. The number of carbonyl (C=O) groups excluding carboxylic acids is 2. The molecule has 1 saturated heterocycles. The second-order valence-corrected chi connectivity index (χ2v) is 16.4. The van der Waals surface area contributed by atoms with E-state index in [4.69, 9.17) is 16.3 Å². The van der Waals surface area contributed by atoms with Crippen LogP contribution in [0.25, 0.3) is 0 Å². The van der Waals surface area contributed by atoms with Crippen LogP contribution in [0.5, 0.6) is 0 Å². The van der Waals surface area contributed by atoms with Gasteiger partial charge in [-0.05, 0) is 81.1 Å². The molecular weight excluding hydrogens is 572 g/mol. The molecule has 2 heterocycles. The van der Waals surface area contributed by atoms with E-state index < -0.39 is 21.2 Å². The Morgan fingerprint density at radius 1 is 1.07 bits per heavy atom. The molecule has 7 unspecified atom stereocenters. The number of sulfonamides is 1. The highest BCUT2D eigenvalue weighted by molar-refractivity contribution is 7.90. The van der Waals surface area contributed by atoms with Gasteiger partial charge in [-0.2, -0.15) is 0 Å². The lowest BCUT2D eigenvalue weighted by Crippen LogP contribution is -2.53. The van der Waals surface area contributed by atoms with E-state index in [0.717, 1.165) is 69.4 Å². The predicted octanol–water partition coefficient (Wildman–Crippen LogP) is 5.14. The second kappa shape index (κ2) is 12.0. The van der Waals surface area contributed by atoms with Gasteiger partial charge in [0.1, 0.15) is 6.29 Å². The van der Waals surface area contributed by atoms with Crippen LogP contribution in [0, 0.1) is 40.9 Å². The Labute approximate surface area is 255 Å². The van der Waals surface area contributed by atoms with E-state index in [1.54, 1.807) is 13.0 Å². The fraction of sp³-hybridized carbons (Fsp3) is 0.697. The lowest BCUT2D eigenvalue weighted by molar-refractivity contribution is -0.116. The Morgan fingerprint density at radius 2 is 1.90 bits per heavy atom. The van der Waals surface area contributed by atoms with Crippen LogP contribution >= 0.6 is 11.6 Å². The highest BCUT2D eigenvalue weighted by Crippen LogP contribution is 2.51. The first kappa shape index (κ1) is 30.3. The Morgan fingerprint density at radius 3 is 2.67 bits per heavy atom.